The zero-order valence-electron chi connectivity index (χ0n) is 16.8. The Balaban J connectivity index is 0.00000300. The monoisotopic (exact) mass is 505 g/mol. The van der Waals surface area contributed by atoms with E-state index in [1.54, 1.807) is 0 Å². The average Bonchev–Trinajstić information content (AvgIpc) is 3.09. The van der Waals surface area contributed by atoms with Gasteiger partial charge >= 0.3 is 0 Å². The van der Waals surface area contributed by atoms with E-state index in [0.29, 0.717) is 6.54 Å². The molecule has 0 aliphatic rings. The number of aromatic nitrogens is 1. The molecule has 0 unspecified atom stereocenters. The summed E-state index contributed by atoms with van der Waals surface area (Å²) in [6.07, 6.45) is 2.98. The second-order valence-electron chi connectivity index (χ2n) is 6.61. The molecule has 1 aromatic heterocycles. The van der Waals surface area contributed by atoms with Gasteiger partial charge in [0.05, 0.1) is 6.54 Å². The first-order valence-electron chi connectivity index (χ1n) is 9.59. The van der Waals surface area contributed by atoms with Crippen LogP contribution in [0.3, 0.4) is 0 Å². The number of amides is 1. The summed E-state index contributed by atoms with van der Waals surface area (Å²) in [5.74, 6) is 0.709. The van der Waals surface area contributed by atoms with Gasteiger partial charge in [-0.05, 0) is 42.7 Å². The van der Waals surface area contributed by atoms with Crippen LogP contribution in [0.1, 0.15) is 25.0 Å². The number of halogens is 1. The molecular weight excluding hydrogens is 477 g/mol. The molecule has 6 nitrogen and oxygen atoms in total. The van der Waals surface area contributed by atoms with E-state index in [9.17, 15) is 4.79 Å². The first-order valence-corrected chi connectivity index (χ1v) is 9.59. The topological polar surface area (TPSA) is 81.3 Å². The van der Waals surface area contributed by atoms with E-state index in [4.69, 9.17) is 0 Å². The number of fused-ring (bicyclic) bond motifs is 1. The fourth-order valence-electron chi connectivity index (χ4n) is 3.12. The third-order valence-electron chi connectivity index (χ3n) is 4.37. The molecule has 0 spiro atoms. The Hall–Kier alpha value is -2.55. The number of carbonyl (C=O) groups is 1. The molecule has 29 heavy (non-hydrogen) atoms. The number of hydrogen-bond acceptors (Lipinski definition) is 2. The minimum atomic E-state index is -0.0760. The molecule has 0 aliphatic heterocycles. The average molecular weight is 505 g/mol. The van der Waals surface area contributed by atoms with Crippen molar-refractivity contribution in [2.24, 2.45) is 4.99 Å². The number of nitrogens with zero attached hydrogens (tertiary/aromatic N) is 1. The van der Waals surface area contributed by atoms with Crippen molar-refractivity contribution in [3.63, 3.8) is 0 Å². The molecule has 0 saturated heterocycles. The van der Waals surface area contributed by atoms with Gasteiger partial charge in [0.15, 0.2) is 5.96 Å². The summed E-state index contributed by atoms with van der Waals surface area (Å²) in [7, 11) is 0. The van der Waals surface area contributed by atoms with E-state index < -0.39 is 0 Å². The first kappa shape index (κ1) is 22.7. The van der Waals surface area contributed by atoms with Crippen molar-refractivity contribution >= 4 is 52.4 Å². The maximum absolute atomic E-state index is 11.2. The van der Waals surface area contributed by atoms with Crippen molar-refractivity contribution in [3.8, 4) is 0 Å². The van der Waals surface area contributed by atoms with Gasteiger partial charge in [0.25, 0.3) is 0 Å². The van der Waals surface area contributed by atoms with Crippen LogP contribution in [0.25, 0.3) is 10.9 Å². The van der Waals surface area contributed by atoms with Crippen LogP contribution < -0.4 is 16.0 Å². The van der Waals surface area contributed by atoms with E-state index in [1.165, 1.54) is 17.9 Å². The highest BCUT2D eigenvalue weighted by atomic mass is 127. The molecule has 3 rings (SSSR count). The number of aromatic amines is 1. The summed E-state index contributed by atoms with van der Waals surface area (Å²) >= 11 is 0. The Morgan fingerprint density at radius 2 is 1.93 bits per heavy atom. The highest BCUT2D eigenvalue weighted by molar-refractivity contribution is 14.0. The molecule has 3 aromatic rings. The van der Waals surface area contributed by atoms with Gasteiger partial charge < -0.3 is 20.9 Å². The predicted molar refractivity (Wildman–Crippen MR) is 131 cm³/mol. The van der Waals surface area contributed by atoms with E-state index in [-0.39, 0.29) is 29.9 Å². The van der Waals surface area contributed by atoms with Crippen LogP contribution in [0.4, 0.5) is 5.69 Å². The Morgan fingerprint density at radius 1 is 1.10 bits per heavy atom. The third kappa shape index (κ3) is 6.77. The maximum atomic E-state index is 11.2. The molecule has 7 heteroatoms. The number of aliphatic imine (C=N–C) groups is 1. The largest absolute Gasteiger partial charge is 0.361 e. The molecule has 0 saturated carbocycles. The number of carbonyl (C=O) groups excluding carboxylic acids is 1. The summed E-state index contributed by atoms with van der Waals surface area (Å²) in [4.78, 5) is 19.2. The van der Waals surface area contributed by atoms with Gasteiger partial charge in [0.1, 0.15) is 0 Å². The number of rotatable bonds is 7. The molecule has 0 bridgehead atoms. The van der Waals surface area contributed by atoms with Crippen LogP contribution >= 0.6 is 24.0 Å². The van der Waals surface area contributed by atoms with E-state index in [1.807, 2.05) is 37.3 Å². The SMILES string of the molecule is CCNC(=NCc1cccc(NC(C)=O)c1)NCCc1c[nH]c2ccccc12.I. The number of anilines is 1. The minimum Gasteiger partial charge on any atom is -0.361 e. The number of H-pyrrole nitrogens is 1. The van der Waals surface area contributed by atoms with Crippen LogP contribution in [0.5, 0.6) is 0 Å². The van der Waals surface area contributed by atoms with E-state index in [2.05, 4.69) is 50.3 Å². The molecule has 4 N–H and O–H groups in total. The number of nitrogens with one attached hydrogen (secondary N) is 4. The summed E-state index contributed by atoms with van der Waals surface area (Å²) in [6, 6.07) is 16.1. The molecule has 0 fully saturated rings. The second kappa shape index (κ2) is 11.5. The predicted octanol–water partition coefficient (Wildman–Crippen LogP) is 4.04. The van der Waals surface area contributed by atoms with Gasteiger partial charge in [0.2, 0.25) is 5.91 Å². The van der Waals surface area contributed by atoms with Gasteiger partial charge in [0, 0.05) is 42.8 Å². The summed E-state index contributed by atoms with van der Waals surface area (Å²) in [5.41, 5.74) is 4.29. The molecule has 0 aliphatic carbocycles. The van der Waals surface area contributed by atoms with Gasteiger partial charge in [-0.15, -0.1) is 24.0 Å². The lowest BCUT2D eigenvalue weighted by atomic mass is 10.1. The van der Waals surface area contributed by atoms with Crippen LogP contribution in [0, 0.1) is 0 Å². The third-order valence-corrected chi connectivity index (χ3v) is 4.37. The van der Waals surface area contributed by atoms with Gasteiger partial charge in [-0.3, -0.25) is 4.79 Å². The lowest BCUT2D eigenvalue weighted by Crippen LogP contribution is -2.38. The fourth-order valence-corrected chi connectivity index (χ4v) is 3.12. The fraction of sp³-hybridized carbons (Fsp3) is 0.273. The lowest BCUT2D eigenvalue weighted by molar-refractivity contribution is -0.114. The first-order chi connectivity index (χ1) is 13.7. The van der Waals surface area contributed by atoms with Crippen LogP contribution in [-0.4, -0.2) is 29.9 Å². The molecule has 0 radical (unpaired) electrons. The summed E-state index contributed by atoms with van der Waals surface area (Å²) < 4.78 is 0. The van der Waals surface area contributed by atoms with Crippen LogP contribution in [0.15, 0.2) is 59.7 Å². The highest BCUT2D eigenvalue weighted by Gasteiger charge is 2.04. The Kier molecular flexibility index (Phi) is 8.98. The number of hydrogen-bond donors (Lipinski definition) is 4. The normalized spacial score (nSPS) is 11.0. The van der Waals surface area contributed by atoms with Gasteiger partial charge in [-0.2, -0.15) is 0 Å². The lowest BCUT2D eigenvalue weighted by Gasteiger charge is -2.11. The molecule has 2 aromatic carbocycles. The second-order valence-corrected chi connectivity index (χ2v) is 6.61. The van der Waals surface area contributed by atoms with E-state index in [0.717, 1.165) is 42.2 Å². The Morgan fingerprint density at radius 3 is 2.72 bits per heavy atom. The van der Waals surface area contributed by atoms with Gasteiger partial charge in [-0.25, -0.2) is 4.99 Å². The molecule has 154 valence electrons. The van der Waals surface area contributed by atoms with Crippen molar-refractivity contribution in [1.82, 2.24) is 15.6 Å². The number of guanidine groups is 1. The molecule has 1 amide bonds. The molecular formula is C22H28IN5O. The zero-order chi connectivity index (χ0) is 19.8. The summed E-state index contributed by atoms with van der Waals surface area (Å²) in [6.45, 7) is 5.68. The Labute approximate surface area is 188 Å². The molecule has 1 heterocycles. The smallest absolute Gasteiger partial charge is 0.221 e. The Bertz CT molecular complexity index is 967. The zero-order valence-corrected chi connectivity index (χ0v) is 19.1. The number of para-hydroxylation sites is 1. The summed E-state index contributed by atoms with van der Waals surface area (Å²) in [5, 5.41) is 10.7. The van der Waals surface area contributed by atoms with Crippen LogP contribution in [-0.2, 0) is 17.8 Å². The maximum Gasteiger partial charge on any atom is 0.221 e. The standard InChI is InChI=1S/C22H27N5O.HI/c1-3-23-22(26-14-17-7-6-8-19(13-17)27-16(2)28)24-12-11-18-15-25-21-10-5-4-9-20(18)21;/h4-10,13,15,25H,3,11-12,14H2,1-2H3,(H,27,28)(H2,23,24,26);1H. The van der Waals surface area contributed by atoms with Crippen molar-refractivity contribution in [1.29, 1.82) is 0 Å². The highest BCUT2D eigenvalue weighted by Crippen LogP contribution is 2.17. The van der Waals surface area contributed by atoms with Crippen molar-refractivity contribution in [2.75, 3.05) is 18.4 Å². The van der Waals surface area contributed by atoms with Crippen molar-refractivity contribution < 1.29 is 4.79 Å². The van der Waals surface area contributed by atoms with Crippen molar-refractivity contribution in [2.45, 2.75) is 26.8 Å². The van der Waals surface area contributed by atoms with Crippen molar-refractivity contribution in [3.05, 3.63) is 65.9 Å². The number of benzene rings is 2. The quantitative estimate of drug-likeness (QED) is 0.222. The van der Waals surface area contributed by atoms with Crippen LogP contribution in [0.2, 0.25) is 0 Å². The van der Waals surface area contributed by atoms with E-state index >= 15 is 0 Å². The van der Waals surface area contributed by atoms with Gasteiger partial charge in [-0.1, -0.05) is 30.3 Å². The molecule has 0 atom stereocenters. The minimum absolute atomic E-state index is 0.